The van der Waals surface area contributed by atoms with Crippen LogP contribution in [0.3, 0.4) is 0 Å². The van der Waals surface area contributed by atoms with Gasteiger partial charge in [0, 0.05) is 11.1 Å². The quantitative estimate of drug-likeness (QED) is 0.469. The zero-order valence-electron chi connectivity index (χ0n) is 13.1. The van der Waals surface area contributed by atoms with Crippen molar-refractivity contribution in [2.45, 2.75) is 20.0 Å². The zero-order valence-corrected chi connectivity index (χ0v) is 15.3. The van der Waals surface area contributed by atoms with Crippen LogP contribution in [0.1, 0.15) is 18.1 Å². The molecule has 2 aromatic rings. The molecule has 2 rings (SSSR count). The van der Waals surface area contributed by atoms with Crippen LogP contribution in [0.25, 0.3) is 0 Å². The van der Waals surface area contributed by atoms with Gasteiger partial charge in [0.15, 0.2) is 0 Å². The summed E-state index contributed by atoms with van der Waals surface area (Å²) in [6, 6.07) is 8.33. The maximum Gasteiger partial charge on any atom is 0.513 e. The van der Waals surface area contributed by atoms with Gasteiger partial charge in [-0.25, -0.2) is 4.79 Å². The summed E-state index contributed by atoms with van der Waals surface area (Å²) in [5.41, 5.74) is 1.43. The third kappa shape index (κ3) is 4.47. The second kappa shape index (κ2) is 8.47. The molecule has 0 fully saturated rings. The molecule has 0 bridgehead atoms. The highest BCUT2D eigenvalue weighted by atomic mass is 35.5. The SMILES string of the molecule is CCc1cc(Cl)c(OCc2c(Cl)cccc2OC(=O)OC)cc1Cl. The Bertz CT molecular complexity index is 747. The molecule has 0 unspecified atom stereocenters. The molecule has 0 N–H and O–H groups in total. The van der Waals surface area contributed by atoms with Crippen molar-refractivity contribution in [3.05, 3.63) is 56.5 Å². The zero-order chi connectivity index (χ0) is 17.7. The molecule has 0 aliphatic heterocycles. The van der Waals surface area contributed by atoms with Crippen molar-refractivity contribution in [2.24, 2.45) is 0 Å². The topological polar surface area (TPSA) is 44.8 Å². The fourth-order valence-electron chi connectivity index (χ4n) is 2.01. The van der Waals surface area contributed by atoms with Gasteiger partial charge >= 0.3 is 6.16 Å². The lowest BCUT2D eigenvalue weighted by Gasteiger charge is -2.14. The van der Waals surface area contributed by atoms with E-state index in [1.807, 2.05) is 6.92 Å². The number of aryl methyl sites for hydroxylation is 1. The highest BCUT2D eigenvalue weighted by molar-refractivity contribution is 6.34. The molecular weight excluding hydrogens is 375 g/mol. The normalized spacial score (nSPS) is 10.4. The summed E-state index contributed by atoms with van der Waals surface area (Å²) < 4.78 is 15.3. The summed E-state index contributed by atoms with van der Waals surface area (Å²) in [6.07, 6.45) is -0.0765. The second-order valence-corrected chi connectivity index (χ2v) is 6.01. The number of hydrogen-bond acceptors (Lipinski definition) is 4. The summed E-state index contributed by atoms with van der Waals surface area (Å²) >= 11 is 18.6. The Morgan fingerprint density at radius 2 is 1.79 bits per heavy atom. The Morgan fingerprint density at radius 1 is 1.04 bits per heavy atom. The Balaban J connectivity index is 2.23. The molecule has 0 atom stereocenters. The van der Waals surface area contributed by atoms with E-state index >= 15 is 0 Å². The van der Waals surface area contributed by atoms with Crippen LogP contribution in [-0.2, 0) is 17.8 Å². The molecule has 24 heavy (non-hydrogen) atoms. The van der Waals surface area contributed by atoms with Crippen LogP contribution < -0.4 is 9.47 Å². The number of carbonyl (C=O) groups is 1. The lowest BCUT2D eigenvalue weighted by atomic mass is 10.1. The van der Waals surface area contributed by atoms with Gasteiger partial charge in [0.05, 0.1) is 22.7 Å². The smallest absolute Gasteiger partial charge is 0.487 e. The van der Waals surface area contributed by atoms with Gasteiger partial charge in [0.1, 0.15) is 18.1 Å². The average molecular weight is 390 g/mol. The minimum Gasteiger partial charge on any atom is -0.487 e. The first-order chi connectivity index (χ1) is 11.5. The minimum absolute atomic E-state index is 0.0491. The molecule has 0 amide bonds. The molecule has 7 heteroatoms. The monoisotopic (exact) mass is 388 g/mol. The molecule has 0 heterocycles. The van der Waals surface area contributed by atoms with E-state index in [-0.39, 0.29) is 12.4 Å². The Labute approximate surface area is 155 Å². The van der Waals surface area contributed by atoms with E-state index < -0.39 is 6.16 Å². The molecule has 0 saturated heterocycles. The molecule has 0 aliphatic carbocycles. The van der Waals surface area contributed by atoms with Crippen molar-refractivity contribution in [1.82, 2.24) is 0 Å². The number of ether oxygens (including phenoxy) is 3. The standard InChI is InChI=1S/C17H15Cl3O4/c1-3-10-7-14(20)16(8-13(10)19)23-9-11-12(18)5-4-6-15(11)24-17(21)22-2/h4-8H,3,9H2,1-2H3. The van der Waals surface area contributed by atoms with Crippen molar-refractivity contribution in [3.8, 4) is 11.5 Å². The fourth-order valence-corrected chi connectivity index (χ4v) is 2.76. The van der Waals surface area contributed by atoms with Crippen molar-refractivity contribution >= 4 is 41.0 Å². The molecule has 4 nitrogen and oxygen atoms in total. The van der Waals surface area contributed by atoms with E-state index in [0.717, 1.165) is 12.0 Å². The van der Waals surface area contributed by atoms with Gasteiger partial charge in [-0.15, -0.1) is 0 Å². The van der Waals surface area contributed by atoms with Gasteiger partial charge in [-0.1, -0.05) is 47.8 Å². The molecule has 0 spiro atoms. The molecular formula is C17H15Cl3O4. The van der Waals surface area contributed by atoms with Crippen LogP contribution in [0.5, 0.6) is 11.5 Å². The Hall–Kier alpha value is -1.62. The van der Waals surface area contributed by atoms with Crippen LogP contribution >= 0.6 is 34.8 Å². The third-order valence-corrected chi connectivity index (χ3v) is 4.29. The van der Waals surface area contributed by atoms with Crippen LogP contribution in [0.2, 0.25) is 15.1 Å². The lowest BCUT2D eigenvalue weighted by molar-refractivity contribution is 0.120. The molecule has 0 radical (unpaired) electrons. The first kappa shape index (κ1) is 18.7. The van der Waals surface area contributed by atoms with Crippen LogP contribution in [0.15, 0.2) is 30.3 Å². The summed E-state index contributed by atoms with van der Waals surface area (Å²) in [7, 11) is 1.22. The van der Waals surface area contributed by atoms with Crippen molar-refractivity contribution in [2.75, 3.05) is 7.11 Å². The second-order valence-electron chi connectivity index (χ2n) is 4.79. The maximum atomic E-state index is 11.3. The Morgan fingerprint density at radius 3 is 2.46 bits per heavy atom. The molecule has 0 aliphatic rings. The van der Waals surface area contributed by atoms with E-state index in [1.165, 1.54) is 7.11 Å². The number of methoxy groups -OCH3 is 1. The van der Waals surface area contributed by atoms with E-state index in [9.17, 15) is 4.79 Å². The number of rotatable bonds is 5. The van der Waals surface area contributed by atoms with E-state index in [1.54, 1.807) is 30.3 Å². The number of halogens is 3. The number of carbonyl (C=O) groups excluding carboxylic acids is 1. The van der Waals surface area contributed by atoms with Gasteiger partial charge in [-0.3, -0.25) is 0 Å². The van der Waals surface area contributed by atoms with Crippen molar-refractivity contribution in [3.63, 3.8) is 0 Å². The predicted octanol–water partition coefficient (Wildman–Crippen LogP) is 5.93. The van der Waals surface area contributed by atoms with Gasteiger partial charge in [0.2, 0.25) is 0 Å². The molecule has 0 saturated carbocycles. The van der Waals surface area contributed by atoms with Gasteiger partial charge < -0.3 is 14.2 Å². The highest BCUT2D eigenvalue weighted by Crippen LogP contribution is 2.34. The van der Waals surface area contributed by atoms with Crippen molar-refractivity contribution in [1.29, 1.82) is 0 Å². The first-order valence-corrected chi connectivity index (χ1v) is 8.23. The maximum absolute atomic E-state index is 11.3. The van der Waals surface area contributed by atoms with Crippen LogP contribution in [0.4, 0.5) is 4.79 Å². The summed E-state index contributed by atoms with van der Waals surface area (Å²) in [5.74, 6) is 0.671. The summed E-state index contributed by atoms with van der Waals surface area (Å²) in [4.78, 5) is 11.3. The highest BCUT2D eigenvalue weighted by Gasteiger charge is 2.15. The third-order valence-electron chi connectivity index (χ3n) is 3.29. The van der Waals surface area contributed by atoms with E-state index in [0.29, 0.717) is 26.4 Å². The molecule has 2 aromatic carbocycles. The summed E-state index contributed by atoms with van der Waals surface area (Å²) in [5, 5.41) is 1.41. The lowest BCUT2D eigenvalue weighted by Crippen LogP contribution is -2.10. The van der Waals surface area contributed by atoms with Gasteiger partial charge in [-0.05, 0) is 30.2 Å². The largest absolute Gasteiger partial charge is 0.513 e. The van der Waals surface area contributed by atoms with Crippen LogP contribution in [0, 0.1) is 0 Å². The molecule has 0 aromatic heterocycles. The fraction of sp³-hybridized carbons (Fsp3) is 0.235. The molecule has 128 valence electrons. The first-order valence-electron chi connectivity index (χ1n) is 7.10. The Kier molecular flexibility index (Phi) is 6.60. The number of benzene rings is 2. The predicted molar refractivity (Wildman–Crippen MR) is 94.7 cm³/mol. The van der Waals surface area contributed by atoms with Gasteiger partial charge in [0.25, 0.3) is 0 Å². The van der Waals surface area contributed by atoms with Gasteiger partial charge in [-0.2, -0.15) is 0 Å². The summed E-state index contributed by atoms with van der Waals surface area (Å²) in [6.45, 7) is 2.03. The average Bonchev–Trinajstić information content (AvgIpc) is 2.56. The van der Waals surface area contributed by atoms with Crippen LogP contribution in [-0.4, -0.2) is 13.3 Å². The number of hydrogen-bond donors (Lipinski definition) is 0. The van der Waals surface area contributed by atoms with E-state index in [4.69, 9.17) is 44.3 Å². The van der Waals surface area contributed by atoms with Crippen molar-refractivity contribution < 1.29 is 19.0 Å². The minimum atomic E-state index is -0.841. The van der Waals surface area contributed by atoms with E-state index in [2.05, 4.69) is 4.74 Å².